The Morgan fingerprint density at radius 3 is 1.55 bits per heavy atom. The van der Waals surface area contributed by atoms with Gasteiger partial charge in [-0.05, 0) is 42.1 Å². The van der Waals surface area contributed by atoms with Crippen LogP contribution in [0.4, 0.5) is 0 Å². The van der Waals surface area contributed by atoms with Crippen molar-refractivity contribution in [2.45, 2.75) is 105 Å². The first-order valence-electron chi connectivity index (χ1n) is 15.1. The molecule has 1 heterocycles. The Bertz CT molecular complexity index is 1090. The van der Waals surface area contributed by atoms with Crippen LogP contribution in [0.25, 0.3) is 0 Å². The van der Waals surface area contributed by atoms with Crippen LogP contribution in [0.15, 0.2) is 30.3 Å². The molecule has 1 aromatic carbocycles. The van der Waals surface area contributed by atoms with E-state index in [4.69, 9.17) is 0 Å². The molecule has 0 unspecified atom stereocenters. The Kier molecular flexibility index (Phi) is 13.0. The van der Waals surface area contributed by atoms with E-state index in [1.165, 1.54) is 4.90 Å². The molecule has 10 heteroatoms. The van der Waals surface area contributed by atoms with Gasteiger partial charge in [0.05, 0.1) is 0 Å². The first-order valence-corrected chi connectivity index (χ1v) is 15.1. The van der Waals surface area contributed by atoms with Crippen molar-refractivity contribution in [2.24, 2.45) is 23.7 Å². The van der Waals surface area contributed by atoms with E-state index < -0.39 is 59.7 Å². The normalized spacial score (nSPS) is 25.2. The Hall–Kier alpha value is -3.43. The van der Waals surface area contributed by atoms with Gasteiger partial charge in [-0.15, -0.1) is 0 Å². The van der Waals surface area contributed by atoms with Gasteiger partial charge in [-0.25, -0.2) is 0 Å². The van der Waals surface area contributed by atoms with E-state index in [0.717, 1.165) is 5.56 Å². The summed E-state index contributed by atoms with van der Waals surface area (Å²) in [7, 11) is 1.55. The van der Waals surface area contributed by atoms with Crippen LogP contribution in [0, 0.1) is 23.7 Å². The SMILES string of the molecule is CC(C)C[C@@H]1NC(=O)[C@H](C(C)C)NC(=O)[C@H](Cc2ccccc2)N(C)C(=O)[C@H](CC(C)C)NC(=O)[C@H](C(C)C)NC1=O. The molecular formula is C32H51N5O5. The van der Waals surface area contributed by atoms with Crippen molar-refractivity contribution >= 4 is 29.5 Å². The zero-order chi connectivity index (χ0) is 31.7. The predicted molar refractivity (Wildman–Crippen MR) is 163 cm³/mol. The van der Waals surface area contributed by atoms with Crippen LogP contribution in [0.3, 0.4) is 0 Å². The number of carbonyl (C=O) groups excluding carboxylic acids is 5. The zero-order valence-electron chi connectivity index (χ0n) is 26.7. The fourth-order valence-corrected chi connectivity index (χ4v) is 5.13. The summed E-state index contributed by atoms with van der Waals surface area (Å²) in [4.78, 5) is 69.9. The standard InChI is InChI=1S/C32H51N5O5/c1-18(2)15-23-28(38)35-26(20(5)6)31(41)34-24(16-19(3)4)32(42)37(9)25(17-22-13-11-10-12-14-22)29(39)36-27(21(7)8)30(40)33-23/h10-14,18-21,23-27H,15-17H2,1-9H3,(H,33,40)(H,34,41)(H,35,38)(H,36,39)/t23-,24-,25-,26-,27-/m0/s1. The van der Waals surface area contributed by atoms with Gasteiger partial charge in [0.2, 0.25) is 29.5 Å². The fourth-order valence-electron chi connectivity index (χ4n) is 5.13. The number of amides is 5. The maximum absolute atomic E-state index is 14.0. The van der Waals surface area contributed by atoms with Crippen LogP contribution in [0.1, 0.15) is 73.8 Å². The number of hydrogen-bond donors (Lipinski definition) is 4. The number of carbonyl (C=O) groups is 5. The molecule has 5 atom stereocenters. The van der Waals surface area contributed by atoms with Crippen LogP contribution in [0.5, 0.6) is 0 Å². The third-order valence-electron chi connectivity index (χ3n) is 7.55. The summed E-state index contributed by atoms with van der Waals surface area (Å²) in [6.45, 7) is 15.0. The average molecular weight is 586 g/mol. The molecule has 4 N–H and O–H groups in total. The zero-order valence-corrected chi connectivity index (χ0v) is 26.7. The summed E-state index contributed by atoms with van der Waals surface area (Å²) in [5, 5.41) is 11.4. The molecule has 0 aromatic heterocycles. The van der Waals surface area contributed by atoms with Gasteiger partial charge in [0.1, 0.15) is 30.2 Å². The van der Waals surface area contributed by atoms with Gasteiger partial charge < -0.3 is 26.2 Å². The largest absolute Gasteiger partial charge is 0.343 e. The van der Waals surface area contributed by atoms with Crippen LogP contribution in [0.2, 0.25) is 0 Å². The molecule has 10 nitrogen and oxygen atoms in total. The van der Waals surface area contributed by atoms with Crippen molar-refractivity contribution in [3.63, 3.8) is 0 Å². The lowest BCUT2D eigenvalue weighted by Crippen LogP contribution is -2.59. The third kappa shape index (κ3) is 9.84. The Morgan fingerprint density at radius 1 is 0.619 bits per heavy atom. The summed E-state index contributed by atoms with van der Waals surface area (Å²) >= 11 is 0. The highest BCUT2D eigenvalue weighted by atomic mass is 16.2. The molecule has 1 fully saturated rings. The summed E-state index contributed by atoms with van der Waals surface area (Å²) in [5.74, 6) is -2.83. The van der Waals surface area contributed by atoms with E-state index in [0.29, 0.717) is 12.8 Å². The maximum atomic E-state index is 14.0. The highest BCUT2D eigenvalue weighted by Gasteiger charge is 2.38. The smallest absolute Gasteiger partial charge is 0.245 e. The molecule has 234 valence electrons. The second kappa shape index (κ2) is 15.7. The number of rotatable bonds is 8. The van der Waals surface area contributed by atoms with Crippen molar-refractivity contribution in [1.29, 1.82) is 0 Å². The van der Waals surface area contributed by atoms with Crippen LogP contribution in [-0.2, 0) is 30.4 Å². The van der Waals surface area contributed by atoms with Crippen molar-refractivity contribution < 1.29 is 24.0 Å². The predicted octanol–water partition coefficient (Wildman–Crippen LogP) is 2.41. The molecule has 0 aliphatic carbocycles. The minimum Gasteiger partial charge on any atom is -0.343 e. The molecule has 2 rings (SSSR count). The second-order valence-corrected chi connectivity index (χ2v) is 13.0. The summed E-state index contributed by atoms with van der Waals surface area (Å²) < 4.78 is 0. The molecule has 0 spiro atoms. The molecule has 1 saturated heterocycles. The van der Waals surface area contributed by atoms with Crippen molar-refractivity contribution in [2.75, 3.05) is 7.05 Å². The Labute approximate surface area is 251 Å². The van der Waals surface area contributed by atoms with E-state index in [9.17, 15) is 24.0 Å². The van der Waals surface area contributed by atoms with Gasteiger partial charge in [-0.3, -0.25) is 24.0 Å². The van der Waals surface area contributed by atoms with E-state index in [1.807, 2.05) is 85.7 Å². The molecule has 42 heavy (non-hydrogen) atoms. The number of nitrogens with one attached hydrogen (secondary N) is 4. The van der Waals surface area contributed by atoms with Crippen LogP contribution in [-0.4, -0.2) is 71.7 Å². The lowest BCUT2D eigenvalue weighted by molar-refractivity contribution is -0.143. The van der Waals surface area contributed by atoms with Crippen molar-refractivity contribution in [1.82, 2.24) is 26.2 Å². The molecule has 0 bridgehead atoms. The van der Waals surface area contributed by atoms with E-state index >= 15 is 0 Å². The fraction of sp³-hybridized carbons (Fsp3) is 0.656. The summed E-state index contributed by atoms with van der Waals surface area (Å²) in [6, 6.07) is 4.70. The van der Waals surface area contributed by atoms with Crippen molar-refractivity contribution in [3.05, 3.63) is 35.9 Å². The van der Waals surface area contributed by atoms with Gasteiger partial charge in [0.25, 0.3) is 0 Å². The first-order chi connectivity index (χ1) is 19.6. The third-order valence-corrected chi connectivity index (χ3v) is 7.55. The van der Waals surface area contributed by atoms with E-state index in [-0.39, 0.29) is 30.1 Å². The second-order valence-electron chi connectivity index (χ2n) is 13.0. The quantitative estimate of drug-likeness (QED) is 0.372. The molecule has 1 aromatic rings. The first kappa shape index (κ1) is 34.8. The van der Waals surface area contributed by atoms with E-state index in [1.54, 1.807) is 7.05 Å². The number of hydrogen-bond acceptors (Lipinski definition) is 5. The lowest BCUT2D eigenvalue weighted by Gasteiger charge is -2.33. The number of likely N-dealkylation sites (N-methyl/N-ethyl adjacent to an activating group) is 1. The number of nitrogens with zero attached hydrogens (tertiary/aromatic N) is 1. The summed E-state index contributed by atoms with van der Waals surface area (Å²) in [6.07, 6.45) is 0.906. The topological polar surface area (TPSA) is 137 Å². The summed E-state index contributed by atoms with van der Waals surface area (Å²) in [5.41, 5.74) is 0.844. The maximum Gasteiger partial charge on any atom is 0.245 e. The van der Waals surface area contributed by atoms with Gasteiger partial charge in [-0.1, -0.05) is 85.7 Å². The minimum absolute atomic E-state index is 0.0609. The highest BCUT2D eigenvalue weighted by molar-refractivity contribution is 5.98. The molecule has 1 aliphatic rings. The molecule has 0 saturated carbocycles. The molecule has 5 amide bonds. The minimum atomic E-state index is -0.947. The lowest BCUT2D eigenvalue weighted by atomic mass is 9.97. The number of benzene rings is 1. The monoisotopic (exact) mass is 585 g/mol. The van der Waals surface area contributed by atoms with Gasteiger partial charge in [0, 0.05) is 13.5 Å². The van der Waals surface area contributed by atoms with Gasteiger partial charge in [0.15, 0.2) is 0 Å². The Morgan fingerprint density at radius 2 is 1.07 bits per heavy atom. The molecular weight excluding hydrogens is 534 g/mol. The Balaban J connectivity index is 2.65. The van der Waals surface area contributed by atoms with Gasteiger partial charge >= 0.3 is 0 Å². The van der Waals surface area contributed by atoms with E-state index in [2.05, 4.69) is 21.3 Å². The molecule has 1 aliphatic heterocycles. The van der Waals surface area contributed by atoms with Gasteiger partial charge in [-0.2, -0.15) is 0 Å². The van der Waals surface area contributed by atoms with Crippen LogP contribution >= 0.6 is 0 Å². The average Bonchev–Trinajstić information content (AvgIpc) is 2.90. The van der Waals surface area contributed by atoms with Crippen molar-refractivity contribution in [3.8, 4) is 0 Å². The van der Waals surface area contributed by atoms with Crippen LogP contribution < -0.4 is 21.3 Å². The highest BCUT2D eigenvalue weighted by Crippen LogP contribution is 2.16. The molecule has 0 radical (unpaired) electrons.